The fourth-order valence-electron chi connectivity index (χ4n) is 3.94. The molecule has 0 aromatic heterocycles. The number of hydrogen-bond acceptors (Lipinski definition) is 5. The molecular weight excluding hydrogens is 378 g/mol. The Bertz CT molecular complexity index is 992. The Balaban J connectivity index is 2.93. The smallest absolute Gasteiger partial charge is 0.335 e. The molecule has 4 N–H and O–H groups in total. The van der Waals surface area contributed by atoms with Gasteiger partial charge in [-0.3, -0.25) is 5.41 Å². The van der Waals surface area contributed by atoms with Crippen molar-refractivity contribution in [1.29, 1.82) is 5.41 Å². The Morgan fingerprint density at radius 2 is 1.70 bits per heavy atom. The van der Waals surface area contributed by atoms with Gasteiger partial charge in [-0.2, -0.15) is 0 Å². The molecule has 0 radical (unpaired) electrons. The zero-order valence-corrected chi connectivity index (χ0v) is 18.6. The van der Waals surface area contributed by atoms with Crippen molar-refractivity contribution in [3.05, 3.63) is 52.6 Å². The van der Waals surface area contributed by atoms with Gasteiger partial charge in [-0.05, 0) is 64.8 Å². The van der Waals surface area contributed by atoms with Crippen LogP contribution in [0.5, 0.6) is 11.5 Å². The number of rotatable bonds is 7. The summed E-state index contributed by atoms with van der Waals surface area (Å²) < 4.78 is 5.37. The number of nitrogens with two attached hydrogens (primary N) is 1. The lowest BCUT2D eigenvalue weighted by atomic mass is 9.86. The lowest BCUT2D eigenvalue weighted by Crippen LogP contribution is -2.24. The van der Waals surface area contributed by atoms with Crippen LogP contribution in [0, 0.1) is 33.1 Å². The summed E-state index contributed by atoms with van der Waals surface area (Å²) in [7, 11) is 0. The van der Waals surface area contributed by atoms with Gasteiger partial charge in [0.25, 0.3) is 0 Å². The molecule has 0 saturated heterocycles. The number of nitrogens with one attached hydrogen (secondary N) is 1. The van der Waals surface area contributed by atoms with Gasteiger partial charge >= 0.3 is 5.97 Å². The molecule has 0 fully saturated rings. The van der Waals surface area contributed by atoms with Gasteiger partial charge in [-0.1, -0.05) is 6.58 Å². The molecule has 0 spiro atoms. The average molecular weight is 410 g/mol. The second kappa shape index (κ2) is 9.03. The van der Waals surface area contributed by atoms with Crippen molar-refractivity contribution < 1.29 is 14.6 Å². The molecule has 160 valence electrons. The predicted octanol–water partition coefficient (Wildman–Crippen LogP) is 4.51. The van der Waals surface area contributed by atoms with Crippen LogP contribution in [0.2, 0.25) is 0 Å². The highest BCUT2D eigenvalue weighted by molar-refractivity contribution is 6.04. The van der Waals surface area contributed by atoms with Crippen molar-refractivity contribution in [1.82, 2.24) is 0 Å². The van der Waals surface area contributed by atoms with Crippen LogP contribution in [-0.4, -0.2) is 30.0 Å². The van der Waals surface area contributed by atoms with Crippen molar-refractivity contribution >= 4 is 17.5 Å². The third-order valence-corrected chi connectivity index (χ3v) is 5.65. The first-order valence-electron chi connectivity index (χ1n) is 10.0. The number of benzene rings is 2. The van der Waals surface area contributed by atoms with Crippen LogP contribution in [0.15, 0.2) is 24.8 Å². The number of phenolic OH excluding ortho intramolecular Hbond substituents is 1. The van der Waals surface area contributed by atoms with E-state index in [2.05, 4.69) is 25.3 Å². The zero-order valence-electron chi connectivity index (χ0n) is 18.6. The van der Waals surface area contributed by atoms with E-state index in [1.54, 1.807) is 19.1 Å². The topological polar surface area (TPSA) is 99.6 Å². The average Bonchev–Trinajstić information content (AvgIpc) is 2.71. The number of carbonyl (C=O) groups excluding carboxylic acids is 1. The summed E-state index contributed by atoms with van der Waals surface area (Å²) in [5.74, 6) is -0.235. The van der Waals surface area contributed by atoms with Crippen LogP contribution in [0.1, 0.15) is 41.7 Å². The third-order valence-electron chi connectivity index (χ3n) is 5.65. The molecule has 6 heteroatoms. The molecule has 0 heterocycles. The first-order valence-corrected chi connectivity index (χ1v) is 10.0. The Kier molecular flexibility index (Phi) is 6.92. The fraction of sp³-hybridized carbons (Fsp3) is 0.333. The maximum atomic E-state index is 11.8. The van der Waals surface area contributed by atoms with Crippen molar-refractivity contribution in [2.45, 2.75) is 41.5 Å². The highest BCUT2D eigenvalue weighted by Crippen LogP contribution is 2.46. The third kappa shape index (κ3) is 3.90. The SMILES string of the molecule is C=CC(=O)Oc1ccc(C(=N)N)c(-c2c(C)c(C)c(N(CC)CC)c(C)c2O)c1C. The van der Waals surface area contributed by atoms with Crippen LogP contribution in [-0.2, 0) is 4.79 Å². The van der Waals surface area contributed by atoms with Gasteiger partial charge in [0.05, 0.1) is 0 Å². The van der Waals surface area contributed by atoms with E-state index < -0.39 is 5.97 Å². The van der Waals surface area contributed by atoms with E-state index >= 15 is 0 Å². The minimum atomic E-state index is -0.579. The Hall–Kier alpha value is -3.28. The van der Waals surface area contributed by atoms with Gasteiger partial charge in [0.2, 0.25) is 0 Å². The van der Waals surface area contributed by atoms with Gasteiger partial charge in [0, 0.05) is 52.7 Å². The summed E-state index contributed by atoms with van der Waals surface area (Å²) in [6, 6.07) is 3.24. The largest absolute Gasteiger partial charge is 0.507 e. The highest BCUT2D eigenvalue weighted by atomic mass is 16.5. The molecular formula is C24H31N3O3. The first-order chi connectivity index (χ1) is 14.1. The minimum absolute atomic E-state index is 0.128. The van der Waals surface area contributed by atoms with Crippen LogP contribution in [0.3, 0.4) is 0 Å². The molecule has 0 saturated carbocycles. The van der Waals surface area contributed by atoms with E-state index in [0.717, 1.165) is 41.5 Å². The number of amidine groups is 1. The fourth-order valence-corrected chi connectivity index (χ4v) is 3.94. The summed E-state index contributed by atoms with van der Waals surface area (Å²) in [6.07, 6.45) is 1.09. The second-order valence-electron chi connectivity index (χ2n) is 7.27. The standard InChI is InChI=1S/C24H31N3O3/c1-8-19(28)30-18-12-11-17(24(25)26)20(15(18)6)21-13(4)14(5)22(16(7)23(21)29)27(9-2)10-3/h8,11-12,29H,1,9-10H2,2-7H3,(H3,25,26). The van der Waals surface area contributed by atoms with Crippen molar-refractivity contribution in [3.63, 3.8) is 0 Å². The Morgan fingerprint density at radius 3 is 2.20 bits per heavy atom. The molecule has 0 unspecified atom stereocenters. The lowest BCUT2D eigenvalue weighted by Gasteiger charge is -2.29. The van der Waals surface area contributed by atoms with Crippen LogP contribution >= 0.6 is 0 Å². The van der Waals surface area contributed by atoms with E-state index in [4.69, 9.17) is 15.9 Å². The summed E-state index contributed by atoms with van der Waals surface area (Å²) in [5.41, 5.74) is 11.8. The predicted molar refractivity (Wildman–Crippen MR) is 123 cm³/mol. The highest BCUT2D eigenvalue weighted by Gasteiger charge is 2.25. The van der Waals surface area contributed by atoms with Gasteiger partial charge in [-0.15, -0.1) is 0 Å². The minimum Gasteiger partial charge on any atom is -0.507 e. The van der Waals surface area contributed by atoms with E-state index in [0.29, 0.717) is 28.0 Å². The number of ether oxygens (including phenoxy) is 1. The van der Waals surface area contributed by atoms with E-state index in [1.807, 2.05) is 20.8 Å². The first kappa shape index (κ1) is 23.0. The van der Waals surface area contributed by atoms with Gasteiger partial charge in [-0.25, -0.2) is 4.79 Å². The van der Waals surface area contributed by atoms with Crippen LogP contribution in [0.4, 0.5) is 5.69 Å². The van der Waals surface area contributed by atoms with E-state index in [-0.39, 0.29) is 11.6 Å². The zero-order chi connectivity index (χ0) is 22.7. The molecule has 0 aliphatic rings. The van der Waals surface area contributed by atoms with Crippen molar-refractivity contribution in [3.8, 4) is 22.6 Å². The van der Waals surface area contributed by atoms with Gasteiger partial charge in [0.1, 0.15) is 17.3 Å². The number of aromatic hydroxyl groups is 1. The molecule has 2 aromatic carbocycles. The van der Waals surface area contributed by atoms with Gasteiger partial charge < -0.3 is 20.5 Å². The summed E-state index contributed by atoms with van der Waals surface area (Å²) in [4.78, 5) is 14.0. The van der Waals surface area contributed by atoms with Crippen molar-refractivity contribution in [2.24, 2.45) is 5.73 Å². The molecule has 30 heavy (non-hydrogen) atoms. The lowest BCUT2D eigenvalue weighted by molar-refractivity contribution is -0.129. The van der Waals surface area contributed by atoms with Crippen LogP contribution in [0.25, 0.3) is 11.1 Å². The molecule has 6 nitrogen and oxygen atoms in total. The van der Waals surface area contributed by atoms with E-state index in [9.17, 15) is 9.90 Å². The number of nitrogen functional groups attached to an aromatic ring is 1. The maximum Gasteiger partial charge on any atom is 0.335 e. The maximum absolute atomic E-state index is 11.8. The summed E-state index contributed by atoms with van der Waals surface area (Å²) in [6.45, 7) is 16.9. The van der Waals surface area contributed by atoms with Crippen molar-refractivity contribution in [2.75, 3.05) is 18.0 Å². The normalized spacial score (nSPS) is 10.6. The second-order valence-corrected chi connectivity index (χ2v) is 7.27. The van der Waals surface area contributed by atoms with Gasteiger partial charge in [0.15, 0.2) is 0 Å². The molecule has 0 amide bonds. The Labute approximate surface area is 178 Å². The van der Waals surface area contributed by atoms with Crippen LogP contribution < -0.4 is 15.4 Å². The summed E-state index contributed by atoms with van der Waals surface area (Å²) in [5, 5.41) is 19.3. The number of anilines is 1. The number of nitrogens with zero attached hydrogens (tertiary/aromatic N) is 1. The molecule has 0 aliphatic carbocycles. The quantitative estimate of drug-likeness (QED) is 0.205. The molecule has 0 aliphatic heterocycles. The number of hydrogen-bond donors (Lipinski definition) is 3. The number of carbonyl (C=O) groups is 1. The summed E-state index contributed by atoms with van der Waals surface area (Å²) >= 11 is 0. The monoisotopic (exact) mass is 409 g/mol. The molecule has 2 aromatic rings. The number of esters is 1. The van der Waals surface area contributed by atoms with E-state index in [1.165, 1.54) is 0 Å². The number of phenols is 1. The Morgan fingerprint density at radius 1 is 1.10 bits per heavy atom. The molecule has 0 atom stereocenters. The molecule has 0 bridgehead atoms. The molecule has 2 rings (SSSR count).